The fourth-order valence-corrected chi connectivity index (χ4v) is 1.95. The van der Waals surface area contributed by atoms with Crippen molar-refractivity contribution in [2.45, 2.75) is 25.8 Å². The van der Waals surface area contributed by atoms with Crippen LogP contribution in [0.15, 0.2) is 24.3 Å². The van der Waals surface area contributed by atoms with Gasteiger partial charge < -0.3 is 10.6 Å². The molecule has 1 heterocycles. The molecule has 1 aromatic rings. The lowest BCUT2D eigenvalue weighted by molar-refractivity contribution is -0.121. The average Bonchev–Trinajstić information content (AvgIpc) is 2.33. The van der Waals surface area contributed by atoms with E-state index in [2.05, 4.69) is 41.8 Å². The smallest absolute Gasteiger partial charge is 0.234 e. The summed E-state index contributed by atoms with van der Waals surface area (Å²) in [6.07, 6.45) is 2.06. The lowest BCUT2D eigenvalue weighted by Crippen LogP contribution is -2.52. The Hall–Kier alpha value is -1.35. The lowest BCUT2D eigenvalue weighted by atomic mass is 10.0. The van der Waals surface area contributed by atoms with Gasteiger partial charge in [0.2, 0.25) is 5.91 Å². The van der Waals surface area contributed by atoms with Gasteiger partial charge in [-0.05, 0) is 24.0 Å². The van der Waals surface area contributed by atoms with Gasteiger partial charge in [-0.1, -0.05) is 31.2 Å². The SMILES string of the molecule is CCc1ccc(CC2CNC(=O)CN2)cc1. The number of hydrogen-bond acceptors (Lipinski definition) is 2. The second-order valence-electron chi connectivity index (χ2n) is 4.26. The van der Waals surface area contributed by atoms with E-state index in [1.165, 1.54) is 11.1 Å². The van der Waals surface area contributed by atoms with Crippen LogP contribution in [0, 0.1) is 0 Å². The second kappa shape index (κ2) is 5.12. The molecule has 1 saturated heterocycles. The van der Waals surface area contributed by atoms with Crippen LogP contribution in [0.3, 0.4) is 0 Å². The molecule has 1 aromatic carbocycles. The molecule has 1 aliphatic rings. The van der Waals surface area contributed by atoms with Gasteiger partial charge in [0.1, 0.15) is 0 Å². The van der Waals surface area contributed by atoms with Gasteiger partial charge in [-0.25, -0.2) is 0 Å². The van der Waals surface area contributed by atoms with Crippen LogP contribution in [0.4, 0.5) is 0 Å². The summed E-state index contributed by atoms with van der Waals surface area (Å²) in [6, 6.07) is 9.08. The van der Waals surface area contributed by atoms with E-state index >= 15 is 0 Å². The van der Waals surface area contributed by atoms with Gasteiger partial charge in [0, 0.05) is 12.6 Å². The van der Waals surface area contributed by atoms with Gasteiger partial charge in [0.25, 0.3) is 0 Å². The molecule has 1 unspecified atom stereocenters. The number of carbonyl (C=O) groups is 1. The van der Waals surface area contributed by atoms with Crippen molar-refractivity contribution < 1.29 is 4.79 Å². The molecule has 3 heteroatoms. The number of amides is 1. The topological polar surface area (TPSA) is 41.1 Å². The monoisotopic (exact) mass is 218 g/mol. The fourth-order valence-electron chi connectivity index (χ4n) is 1.95. The van der Waals surface area contributed by atoms with Crippen LogP contribution in [0.1, 0.15) is 18.1 Å². The molecule has 86 valence electrons. The van der Waals surface area contributed by atoms with Crippen molar-refractivity contribution in [2.75, 3.05) is 13.1 Å². The van der Waals surface area contributed by atoms with Crippen molar-refractivity contribution in [3.8, 4) is 0 Å². The first-order valence-corrected chi connectivity index (χ1v) is 5.86. The zero-order valence-electron chi connectivity index (χ0n) is 9.62. The summed E-state index contributed by atoms with van der Waals surface area (Å²) >= 11 is 0. The summed E-state index contributed by atoms with van der Waals surface area (Å²) < 4.78 is 0. The molecule has 0 spiro atoms. The number of nitrogens with one attached hydrogen (secondary N) is 2. The molecule has 1 fully saturated rings. The van der Waals surface area contributed by atoms with E-state index < -0.39 is 0 Å². The van der Waals surface area contributed by atoms with E-state index in [4.69, 9.17) is 0 Å². The Morgan fingerprint density at radius 3 is 2.50 bits per heavy atom. The molecule has 2 N–H and O–H groups in total. The largest absolute Gasteiger partial charge is 0.353 e. The number of hydrogen-bond donors (Lipinski definition) is 2. The van der Waals surface area contributed by atoms with Crippen LogP contribution in [0.5, 0.6) is 0 Å². The standard InChI is InChI=1S/C13H18N2O/c1-2-10-3-5-11(6-4-10)7-12-8-15-13(16)9-14-12/h3-6,12,14H,2,7-9H2,1H3,(H,15,16). The number of carbonyl (C=O) groups excluding carboxylic acids is 1. The molecule has 0 radical (unpaired) electrons. The number of aryl methyl sites for hydroxylation is 1. The van der Waals surface area contributed by atoms with E-state index in [1.54, 1.807) is 0 Å². The molecule has 0 bridgehead atoms. The Bertz CT molecular complexity index is 349. The van der Waals surface area contributed by atoms with Crippen LogP contribution in [-0.2, 0) is 17.6 Å². The zero-order valence-corrected chi connectivity index (χ0v) is 9.62. The third kappa shape index (κ3) is 2.83. The summed E-state index contributed by atoms with van der Waals surface area (Å²) in [5, 5.41) is 6.11. The Labute approximate surface area is 96.2 Å². The quantitative estimate of drug-likeness (QED) is 0.790. The lowest BCUT2D eigenvalue weighted by Gasteiger charge is -2.24. The highest BCUT2D eigenvalue weighted by Crippen LogP contribution is 2.08. The molecule has 16 heavy (non-hydrogen) atoms. The van der Waals surface area contributed by atoms with Crippen molar-refractivity contribution in [3.63, 3.8) is 0 Å². The number of benzene rings is 1. The summed E-state index contributed by atoms with van der Waals surface area (Å²) in [5.41, 5.74) is 2.69. The minimum atomic E-state index is 0.0950. The highest BCUT2D eigenvalue weighted by atomic mass is 16.2. The first-order valence-electron chi connectivity index (χ1n) is 5.86. The number of rotatable bonds is 3. The summed E-state index contributed by atoms with van der Waals surface area (Å²) in [5.74, 6) is 0.0950. The van der Waals surface area contributed by atoms with Crippen LogP contribution in [0.2, 0.25) is 0 Å². The molecule has 3 nitrogen and oxygen atoms in total. The highest BCUT2D eigenvalue weighted by Gasteiger charge is 2.16. The molecule has 1 aliphatic heterocycles. The first kappa shape index (κ1) is 11.1. The molecule has 0 aliphatic carbocycles. The maximum Gasteiger partial charge on any atom is 0.234 e. The van der Waals surface area contributed by atoms with E-state index in [9.17, 15) is 4.79 Å². The average molecular weight is 218 g/mol. The van der Waals surface area contributed by atoms with Gasteiger partial charge in [-0.3, -0.25) is 4.79 Å². The van der Waals surface area contributed by atoms with Crippen molar-refractivity contribution in [1.29, 1.82) is 0 Å². The fraction of sp³-hybridized carbons (Fsp3) is 0.462. The van der Waals surface area contributed by atoms with Gasteiger partial charge in [0.15, 0.2) is 0 Å². The third-order valence-corrected chi connectivity index (χ3v) is 3.01. The Morgan fingerprint density at radius 2 is 1.94 bits per heavy atom. The maximum atomic E-state index is 11.0. The molecule has 2 rings (SSSR count). The van der Waals surface area contributed by atoms with E-state index in [0.29, 0.717) is 12.6 Å². The molecule has 0 saturated carbocycles. The Morgan fingerprint density at radius 1 is 1.25 bits per heavy atom. The minimum Gasteiger partial charge on any atom is -0.353 e. The van der Waals surface area contributed by atoms with Crippen molar-refractivity contribution in [2.24, 2.45) is 0 Å². The molecular formula is C13H18N2O. The van der Waals surface area contributed by atoms with Crippen molar-refractivity contribution in [1.82, 2.24) is 10.6 Å². The summed E-state index contributed by atoms with van der Waals surface area (Å²) in [7, 11) is 0. The summed E-state index contributed by atoms with van der Waals surface area (Å²) in [6.45, 7) is 3.33. The molecule has 1 amide bonds. The van der Waals surface area contributed by atoms with E-state index in [1.807, 2.05) is 0 Å². The highest BCUT2D eigenvalue weighted by molar-refractivity contribution is 5.78. The normalized spacial score (nSPS) is 20.6. The predicted octanol–water partition coefficient (Wildman–Crippen LogP) is 0.879. The molecular weight excluding hydrogens is 200 g/mol. The third-order valence-electron chi connectivity index (χ3n) is 3.01. The van der Waals surface area contributed by atoms with Crippen molar-refractivity contribution >= 4 is 5.91 Å². The first-order chi connectivity index (χ1) is 7.78. The van der Waals surface area contributed by atoms with Gasteiger partial charge in [-0.2, -0.15) is 0 Å². The Kier molecular flexibility index (Phi) is 3.57. The van der Waals surface area contributed by atoms with Crippen molar-refractivity contribution in [3.05, 3.63) is 35.4 Å². The van der Waals surface area contributed by atoms with E-state index in [-0.39, 0.29) is 5.91 Å². The minimum absolute atomic E-state index is 0.0950. The van der Waals surface area contributed by atoms with Crippen LogP contribution in [-0.4, -0.2) is 25.0 Å². The van der Waals surface area contributed by atoms with Gasteiger partial charge >= 0.3 is 0 Å². The zero-order chi connectivity index (χ0) is 11.4. The summed E-state index contributed by atoms with van der Waals surface area (Å²) in [4.78, 5) is 11.0. The van der Waals surface area contributed by atoms with Crippen LogP contribution >= 0.6 is 0 Å². The maximum absolute atomic E-state index is 11.0. The molecule has 0 aromatic heterocycles. The van der Waals surface area contributed by atoms with Gasteiger partial charge in [0.05, 0.1) is 6.54 Å². The predicted molar refractivity (Wildman–Crippen MR) is 64.3 cm³/mol. The van der Waals surface area contributed by atoms with Gasteiger partial charge in [-0.15, -0.1) is 0 Å². The second-order valence-corrected chi connectivity index (χ2v) is 4.26. The van der Waals surface area contributed by atoms with Crippen LogP contribution in [0.25, 0.3) is 0 Å². The molecule has 1 atom stereocenters. The van der Waals surface area contributed by atoms with E-state index in [0.717, 1.165) is 19.4 Å². The van der Waals surface area contributed by atoms with Crippen LogP contribution < -0.4 is 10.6 Å². The number of piperazine rings is 1. The Balaban J connectivity index is 1.90.